The van der Waals surface area contributed by atoms with Crippen LogP contribution in [-0.2, 0) is 9.53 Å². The summed E-state index contributed by atoms with van der Waals surface area (Å²) in [6, 6.07) is 2.25. The fraction of sp³-hybridized carbons (Fsp3) is 0.300. The van der Waals surface area contributed by atoms with Gasteiger partial charge in [0.05, 0.1) is 6.61 Å². The molecule has 0 saturated carbocycles. The number of hydrogen-bond acceptors (Lipinski definition) is 3. The molecule has 0 fully saturated rings. The number of carbonyl (C=O) groups excluding carboxylic acids is 1. The Morgan fingerprint density at radius 2 is 2.12 bits per heavy atom. The Morgan fingerprint density at radius 1 is 1.44 bits per heavy atom. The van der Waals surface area contributed by atoms with Gasteiger partial charge in [-0.15, -0.1) is 0 Å². The molecule has 1 aromatic carbocycles. The summed E-state index contributed by atoms with van der Waals surface area (Å²) in [6.07, 6.45) is -2.48. The van der Waals surface area contributed by atoms with Crippen LogP contribution in [0.25, 0.3) is 0 Å². The highest BCUT2D eigenvalue weighted by Gasteiger charge is 2.22. The summed E-state index contributed by atoms with van der Waals surface area (Å²) in [5, 5.41) is 0. The molecule has 0 radical (unpaired) electrons. The average Bonchev–Trinajstić information content (AvgIpc) is 2.23. The number of hydrogen-bond donors (Lipinski definition) is 0. The van der Waals surface area contributed by atoms with Crippen molar-refractivity contribution in [3.05, 3.63) is 29.8 Å². The van der Waals surface area contributed by atoms with E-state index in [2.05, 4.69) is 9.47 Å². The Hall–Kier alpha value is -1.72. The Labute approximate surface area is 89.8 Å². The van der Waals surface area contributed by atoms with Gasteiger partial charge in [-0.05, 0) is 19.1 Å². The van der Waals surface area contributed by atoms with E-state index in [0.29, 0.717) is 6.07 Å². The molecule has 88 valence electrons. The van der Waals surface area contributed by atoms with Gasteiger partial charge in [0.25, 0.3) is 0 Å². The first-order valence-electron chi connectivity index (χ1n) is 4.47. The van der Waals surface area contributed by atoms with Gasteiger partial charge in [0, 0.05) is 6.07 Å². The van der Waals surface area contributed by atoms with E-state index in [1.807, 2.05) is 0 Å². The summed E-state index contributed by atoms with van der Waals surface area (Å²) < 4.78 is 47.2. The SMILES string of the molecule is CCOC(=O)C(F)Oc1cc(F)ccc1F. The van der Waals surface area contributed by atoms with Gasteiger partial charge in [-0.2, -0.15) is 4.39 Å². The van der Waals surface area contributed by atoms with Crippen molar-refractivity contribution in [2.24, 2.45) is 0 Å². The van der Waals surface area contributed by atoms with Crippen LogP contribution < -0.4 is 4.74 Å². The molecular formula is C10H9F3O3. The summed E-state index contributed by atoms with van der Waals surface area (Å²) in [6.45, 7) is 1.45. The molecule has 0 aromatic heterocycles. The van der Waals surface area contributed by atoms with E-state index in [4.69, 9.17) is 0 Å². The van der Waals surface area contributed by atoms with Crippen molar-refractivity contribution < 1.29 is 27.4 Å². The zero-order valence-corrected chi connectivity index (χ0v) is 8.38. The maximum absolute atomic E-state index is 13.0. The van der Waals surface area contributed by atoms with Crippen molar-refractivity contribution in [1.82, 2.24) is 0 Å². The van der Waals surface area contributed by atoms with Crippen LogP contribution in [0, 0.1) is 11.6 Å². The minimum Gasteiger partial charge on any atom is -0.461 e. The normalized spacial score (nSPS) is 12.0. The first-order valence-corrected chi connectivity index (χ1v) is 4.47. The molecule has 16 heavy (non-hydrogen) atoms. The number of rotatable bonds is 4. The van der Waals surface area contributed by atoms with Gasteiger partial charge in [0.15, 0.2) is 11.6 Å². The van der Waals surface area contributed by atoms with Crippen molar-refractivity contribution in [3.8, 4) is 5.75 Å². The van der Waals surface area contributed by atoms with Crippen LogP contribution in [0.2, 0.25) is 0 Å². The number of alkyl halides is 1. The van der Waals surface area contributed by atoms with Crippen LogP contribution >= 0.6 is 0 Å². The van der Waals surface area contributed by atoms with Crippen molar-refractivity contribution in [2.75, 3.05) is 6.61 Å². The zero-order valence-electron chi connectivity index (χ0n) is 8.38. The maximum atomic E-state index is 13.0. The Kier molecular flexibility index (Phi) is 4.16. The Morgan fingerprint density at radius 3 is 2.75 bits per heavy atom. The zero-order chi connectivity index (χ0) is 12.1. The molecule has 1 unspecified atom stereocenters. The molecule has 0 bridgehead atoms. The van der Waals surface area contributed by atoms with E-state index < -0.39 is 29.7 Å². The van der Waals surface area contributed by atoms with Crippen LogP contribution in [0.15, 0.2) is 18.2 Å². The highest BCUT2D eigenvalue weighted by atomic mass is 19.1. The summed E-state index contributed by atoms with van der Waals surface area (Å²) in [5.74, 6) is -3.73. The fourth-order valence-electron chi connectivity index (χ4n) is 0.935. The van der Waals surface area contributed by atoms with E-state index >= 15 is 0 Å². The van der Waals surface area contributed by atoms with Gasteiger partial charge >= 0.3 is 12.3 Å². The second kappa shape index (κ2) is 5.39. The van der Waals surface area contributed by atoms with Crippen LogP contribution in [-0.4, -0.2) is 18.9 Å². The molecule has 0 aliphatic heterocycles. The molecule has 0 aliphatic rings. The lowest BCUT2D eigenvalue weighted by molar-refractivity contribution is -0.160. The third-order valence-electron chi connectivity index (χ3n) is 1.60. The van der Waals surface area contributed by atoms with E-state index in [9.17, 15) is 18.0 Å². The lowest BCUT2D eigenvalue weighted by Gasteiger charge is -2.10. The van der Waals surface area contributed by atoms with Crippen LogP contribution in [0.5, 0.6) is 5.75 Å². The minimum absolute atomic E-state index is 0.0335. The minimum atomic E-state index is -2.48. The lowest BCUT2D eigenvalue weighted by Crippen LogP contribution is -2.25. The maximum Gasteiger partial charge on any atom is 0.381 e. The summed E-state index contributed by atoms with van der Waals surface area (Å²) in [5.41, 5.74) is 0. The van der Waals surface area contributed by atoms with Crippen LogP contribution in [0.3, 0.4) is 0 Å². The van der Waals surface area contributed by atoms with E-state index in [1.54, 1.807) is 0 Å². The van der Waals surface area contributed by atoms with Crippen LogP contribution in [0.1, 0.15) is 6.92 Å². The van der Waals surface area contributed by atoms with Gasteiger partial charge in [-0.3, -0.25) is 0 Å². The Bertz CT molecular complexity index is 382. The van der Waals surface area contributed by atoms with Crippen molar-refractivity contribution in [3.63, 3.8) is 0 Å². The third kappa shape index (κ3) is 3.15. The molecule has 6 heteroatoms. The molecule has 3 nitrogen and oxygen atoms in total. The monoisotopic (exact) mass is 234 g/mol. The Balaban J connectivity index is 2.72. The van der Waals surface area contributed by atoms with Crippen molar-refractivity contribution in [2.45, 2.75) is 13.3 Å². The standard InChI is InChI=1S/C10H9F3O3/c1-2-15-10(14)9(13)16-8-5-6(11)3-4-7(8)12/h3-5,9H,2H2,1H3. The van der Waals surface area contributed by atoms with Crippen molar-refractivity contribution in [1.29, 1.82) is 0 Å². The van der Waals surface area contributed by atoms with Gasteiger partial charge in [-0.25, -0.2) is 13.6 Å². The number of esters is 1. The smallest absolute Gasteiger partial charge is 0.381 e. The predicted octanol–water partition coefficient (Wildman–Crippen LogP) is 2.20. The first-order chi connectivity index (χ1) is 7.54. The molecule has 0 saturated heterocycles. The van der Waals surface area contributed by atoms with Crippen molar-refractivity contribution >= 4 is 5.97 Å². The van der Waals surface area contributed by atoms with Gasteiger partial charge in [-0.1, -0.05) is 0 Å². The second-order valence-corrected chi connectivity index (χ2v) is 2.76. The molecule has 0 heterocycles. The van der Waals surface area contributed by atoms with Gasteiger partial charge in [0.2, 0.25) is 0 Å². The molecular weight excluding hydrogens is 225 g/mol. The number of benzene rings is 1. The molecule has 0 N–H and O–H groups in total. The lowest BCUT2D eigenvalue weighted by atomic mass is 10.3. The molecule has 0 aliphatic carbocycles. The molecule has 1 aromatic rings. The molecule has 0 spiro atoms. The average molecular weight is 234 g/mol. The number of halogens is 3. The number of ether oxygens (including phenoxy) is 2. The molecule has 1 rings (SSSR count). The number of carbonyl (C=O) groups is 1. The largest absolute Gasteiger partial charge is 0.461 e. The van der Waals surface area contributed by atoms with E-state index in [0.717, 1.165) is 12.1 Å². The topological polar surface area (TPSA) is 35.5 Å². The molecule has 1 atom stereocenters. The third-order valence-corrected chi connectivity index (χ3v) is 1.60. The fourth-order valence-corrected chi connectivity index (χ4v) is 0.935. The van der Waals surface area contributed by atoms with Gasteiger partial charge in [0.1, 0.15) is 5.82 Å². The van der Waals surface area contributed by atoms with Crippen LogP contribution in [0.4, 0.5) is 13.2 Å². The highest BCUT2D eigenvalue weighted by Crippen LogP contribution is 2.19. The quantitative estimate of drug-likeness (QED) is 0.749. The second-order valence-electron chi connectivity index (χ2n) is 2.76. The van der Waals surface area contributed by atoms with Gasteiger partial charge < -0.3 is 9.47 Å². The molecule has 0 amide bonds. The first kappa shape index (κ1) is 12.4. The highest BCUT2D eigenvalue weighted by molar-refractivity contribution is 5.73. The summed E-state index contributed by atoms with van der Waals surface area (Å²) in [7, 11) is 0. The summed E-state index contributed by atoms with van der Waals surface area (Å²) >= 11 is 0. The van der Waals surface area contributed by atoms with E-state index in [1.165, 1.54) is 6.92 Å². The predicted molar refractivity (Wildman–Crippen MR) is 48.5 cm³/mol. The summed E-state index contributed by atoms with van der Waals surface area (Å²) in [4.78, 5) is 10.8. The van der Waals surface area contributed by atoms with E-state index in [-0.39, 0.29) is 6.61 Å².